The van der Waals surface area contributed by atoms with Crippen LogP contribution in [0.3, 0.4) is 0 Å². The lowest BCUT2D eigenvalue weighted by atomic mass is 10.1. The summed E-state index contributed by atoms with van der Waals surface area (Å²) in [4.78, 5) is 23.1. The van der Waals surface area contributed by atoms with E-state index in [1.54, 1.807) is 0 Å². The number of hydrogen-bond donors (Lipinski definition) is 2. The minimum Gasteiger partial charge on any atom is -0.396 e. The van der Waals surface area contributed by atoms with Gasteiger partial charge >= 0.3 is 0 Å². The first-order valence-corrected chi connectivity index (χ1v) is 7.64. The molecule has 0 aromatic carbocycles. The number of hydrogen-bond acceptors (Lipinski definition) is 5. The molecule has 6 heteroatoms. The van der Waals surface area contributed by atoms with Crippen LogP contribution in [0.25, 0.3) is 0 Å². The average Bonchev–Trinajstić information content (AvgIpc) is 2.93. The number of carbonyl (C=O) groups excluding carboxylic acids is 1. The predicted molar refractivity (Wildman–Crippen MR) is 83.1 cm³/mol. The van der Waals surface area contributed by atoms with Crippen LogP contribution in [0.4, 0.5) is 5.69 Å². The van der Waals surface area contributed by atoms with Crippen LogP contribution in [0.15, 0.2) is 6.20 Å². The number of nitrogens with two attached hydrogens (primary N) is 1. The molecule has 1 saturated heterocycles. The lowest BCUT2D eigenvalue weighted by Gasteiger charge is -2.14. The van der Waals surface area contributed by atoms with Gasteiger partial charge in [0.1, 0.15) is 5.82 Å². The number of nitrogens with one attached hydrogen (secondary N) is 1. The van der Waals surface area contributed by atoms with Crippen molar-refractivity contribution in [1.82, 2.24) is 20.2 Å². The Labute approximate surface area is 126 Å². The van der Waals surface area contributed by atoms with Crippen molar-refractivity contribution in [3.05, 3.63) is 17.7 Å². The Morgan fingerprint density at radius 3 is 2.95 bits per heavy atom. The summed E-state index contributed by atoms with van der Waals surface area (Å²) in [5.74, 6) is 1.13. The largest absolute Gasteiger partial charge is 0.396 e. The van der Waals surface area contributed by atoms with Crippen LogP contribution < -0.4 is 11.1 Å². The third-order valence-corrected chi connectivity index (χ3v) is 3.94. The number of anilines is 1. The van der Waals surface area contributed by atoms with Crippen molar-refractivity contribution < 1.29 is 4.79 Å². The lowest BCUT2D eigenvalue weighted by Crippen LogP contribution is -2.32. The number of nitrogen functional groups attached to an aromatic ring is 1. The van der Waals surface area contributed by atoms with E-state index in [2.05, 4.69) is 27.1 Å². The smallest absolute Gasteiger partial charge is 0.272 e. The zero-order valence-corrected chi connectivity index (χ0v) is 13.1. The van der Waals surface area contributed by atoms with Gasteiger partial charge in [-0.15, -0.1) is 0 Å². The molecule has 0 radical (unpaired) electrons. The Morgan fingerprint density at radius 2 is 2.33 bits per heavy atom. The highest BCUT2D eigenvalue weighted by Crippen LogP contribution is 2.16. The molecule has 1 fully saturated rings. The second-order valence-corrected chi connectivity index (χ2v) is 5.94. The molecule has 0 saturated carbocycles. The second-order valence-electron chi connectivity index (χ2n) is 5.94. The number of aromatic nitrogens is 2. The molecule has 3 N–H and O–H groups in total. The summed E-state index contributed by atoms with van der Waals surface area (Å²) in [6.07, 6.45) is 2.65. The van der Waals surface area contributed by atoms with Gasteiger partial charge in [-0.2, -0.15) is 0 Å². The summed E-state index contributed by atoms with van der Waals surface area (Å²) in [5, 5.41) is 2.96. The molecule has 1 aromatic heterocycles. The zero-order chi connectivity index (χ0) is 15.4. The van der Waals surface area contributed by atoms with Crippen molar-refractivity contribution >= 4 is 11.6 Å². The Bertz CT molecular complexity index is 503. The van der Waals surface area contributed by atoms with Crippen LogP contribution in [0, 0.1) is 5.92 Å². The van der Waals surface area contributed by atoms with Crippen molar-refractivity contribution in [2.45, 2.75) is 33.1 Å². The first-order chi connectivity index (χ1) is 10.0. The molecule has 6 nitrogen and oxygen atoms in total. The fourth-order valence-electron chi connectivity index (χ4n) is 2.55. The summed E-state index contributed by atoms with van der Waals surface area (Å²) in [6.45, 7) is 10.1. The molecule has 116 valence electrons. The van der Waals surface area contributed by atoms with Gasteiger partial charge in [-0.3, -0.25) is 4.79 Å². The maximum Gasteiger partial charge on any atom is 0.272 e. The molecule has 1 amide bonds. The molecular weight excluding hydrogens is 266 g/mol. The zero-order valence-electron chi connectivity index (χ0n) is 13.1. The summed E-state index contributed by atoms with van der Waals surface area (Å²) in [6, 6.07) is 0. The van der Waals surface area contributed by atoms with Crippen LogP contribution >= 0.6 is 0 Å². The lowest BCUT2D eigenvalue weighted by molar-refractivity contribution is 0.0943. The van der Waals surface area contributed by atoms with Gasteiger partial charge in [0.15, 0.2) is 5.69 Å². The molecule has 2 rings (SSSR count). The van der Waals surface area contributed by atoms with E-state index in [1.165, 1.54) is 6.20 Å². The fourth-order valence-corrected chi connectivity index (χ4v) is 2.55. The Hall–Kier alpha value is -1.69. The topological polar surface area (TPSA) is 84.1 Å². The molecule has 0 bridgehead atoms. The Morgan fingerprint density at radius 1 is 1.57 bits per heavy atom. The average molecular weight is 291 g/mol. The molecular formula is C15H25N5O. The van der Waals surface area contributed by atoms with E-state index in [-0.39, 0.29) is 11.8 Å². The van der Waals surface area contributed by atoms with Gasteiger partial charge in [0.2, 0.25) is 0 Å². The first kappa shape index (κ1) is 15.7. The first-order valence-electron chi connectivity index (χ1n) is 7.64. The van der Waals surface area contributed by atoms with Gasteiger partial charge in [0.05, 0.1) is 11.9 Å². The van der Waals surface area contributed by atoms with Crippen molar-refractivity contribution in [2.75, 3.05) is 31.9 Å². The van der Waals surface area contributed by atoms with Gasteiger partial charge < -0.3 is 16.0 Å². The number of amides is 1. The number of rotatable bonds is 5. The standard InChI is InChI=1S/C15H25N5O/c1-4-20-6-5-11(9-20)7-18-15(21)13-12(16)8-17-14(19-13)10(2)3/h8,10-11H,4-7,9,16H2,1-3H3,(H,18,21). The summed E-state index contributed by atoms with van der Waals surface area (Å²) in [5.41, 5.74) is 6.45. The van der Waals surface area contributed by atoms with E-state index in [0.717, 1.165) is 26.1 Å². The predicted octanol–water partition coefficient (Wildman–Crippen LogP) is 1.25. The molecule has 1 aliphatic rings. The monoisotopic (exact) mass is 291 g/mol. The van der Waals surface area contributed by atoms with Gasteiger partial charge in [0, 0.05) is 19.0 Å². The maximum absolute atomic E-state index is 12.3. The van der Waals surface area contributed by atoms with E-state index in [0.29, 0.717) is 29.7 Å². The van der Waals surface area contributed by atoms with E-state index >= 15 is 0 Å². The summed E-state index contributed by atoms with van der Waals surface area (Å²) in [7, 11) is 0. The SMILES string of the molecule is CCN1CCC(CNC(=O)c2nc(C(C)C)ncc2N)C1. The summed E-state index contributed by atoms with van der Waals surface area (Å²) >= 11 is 0. The molecule has 1 atom stereocenters. The molecule has 1 aliphatic heterocycles. The van der Waals surface area contributed by atoms with E-state index in [9.17, 15) is 4.79 Å². The van der Waals surface area contributed by atoms with E-state index < -0.39 is 0 Å². The van der Waals surface area contributed by atoms with Crippen molar-refractivity contribution in [3.8, 4) is 0 Å². The van der Waals surface area contributed by atoms with Crippen LogP contribution in [-0.2, 0) is 0 Å². The highest BCUT2D eigenvalue weighted by Gasteiger charge is 2.22. The summed E-state index contributed by atoms with van der Waals surface area (Å²) < 4.78 is 0. The number of carbonyl (C=O) groups is 1. The maximum atomic E-state index is 12.3. The van der Waals surface area contributed by atoms with E-state index in [1.807, 2.05) is 13.8 Å². The minimum absolute atomic E-state index is 0.171. The third kappa shape index (κ3) is 3.91. The van der Waals surface area contributed by atoms with Gasteiger partial charge in [-0.05, 0) is 25.4 Å². The molecule has 21 heavy (non-hydrogen) atoms. The Balaban J connectivity index is 1.96. The fraction of sp³-hybridized carbons (Fsp3) is 0.667. The highest BCUT2D eigenvalue weighted by atomic mass is 16.1. The molecule has 2 heterocycles. The molecule has 0 aliphatic carbocycles. The number of nitrogens with zero attached hydrogens (tertiary/aromatic N) is 3. The number of likely N-dealkylation sites (tertiary alicyclic amines) is 1. The normalized spacial score (nSPS) is 19.1. The third-order valence-electron chi connectivity index (χ3n) is 3.94. The van der Waals surface area contributed by atoms with Crippen molar-refractivity contribution in [1.29, 1.82) is 0 Å². The van der Waals surface area contributed by atoms with Crippen LogP contribution in [-0.4, -0.2) is 47.0 Å². The van der Waals surface area contributed by atoms with Gasteiger partial charge in [0.25, 0.3) is 5.91 Å². The Kier molecular flexibility index (Phi) is 5.12. The van der Waals surface area contributed by atoms with Crippen LogP contribution in [0.2, 0.25) is 0 Å². The second kappa shape index (κ2) is 6.85. The van der Waals surface area contributed by atoms with Crippen molar-refractivity contribution in [2.24, 2.45) is 5.92 Å². The molecule has 0 spiro atoms. The van der Waals surface area contributed by atoms with Crippen LogP contribution in [0.5, 0.6) is 0 Å². The highest BCUT2D eigenvalue weighted by molar-refractivity contribution is 5.96. The molecule has 1 aromatic rings. The van der Waals surface area contributed by atoms with Gasteiger partial charge in [-0.1, -0.05) is 20.8 Å². The quantitative estimate of drug-likeness (QED) is 0.853. The van der Waals surface area contributed by atoms with E-state index in [4.69, 9.17) is 5.73 Å². The van der Waals surface area contributed by atoms with Gasteiger partial charge in [-0.25, -0.2) is 9.97 Å². The van der Waals surface area contributed by atoms with Crippen molar-refractivity contribution in [3.63, 3.8) is 0 Å². The van der Waals surface area contributed by atoms with Crippen LogP contribution in [0.1, 0.15) is 49.4 Å². The minimum atomic E-state index is -0.202. The molecule has 1 unspecified atom stereocenters.